The zero-order valence-corrected chi connectivity index (χ0v) is 20.3. The second kappa shape index (κ2) is 12.9. The zero-order valence-electron chi connectivity index (χ0n) is 17.2. The highest BCUT2D eigenvalue weighted by Gasteiger charge is 2.37. The molecular formula is C18H44O2Si3. The van der Waals surface area contributed by atoms with Gasteiger partial charge in [0.25, 0.3) is 0 Å². The number of hydrogen-bond acceptors (Lipinski definition) is 2. The number of rotatable bonds is 15. The first kappa shape index (κ1) is 23.6. The van der Waals surface area contributed by atoms with Crippen molar-refractivity contribution in [2.24, 2.45) is 0 Å². The van der Waals surface area contributed by atoms with E-state index in [1.54, 1.807) is 0 Å². The Kier molecular flexibility index (Phi) is 13.2. The summed E-state index contributed by atoms with van der Waals surface area (Å²) < 4.78 is 13.8. The number of hydrogen-bond donors (Lipinski definition) is 0. The van der Waals surface area contributed by atoms with Gasteiger partial charge in [-0.2, -0.15) is 0 Å². The molecule has 0 amide bonds. The standard InChI is InChI=1S/C18H44O2Si3/c1-8-15-16-17-18-21(19-22(9-2,10-3)11-4)20-23(12-5,13-6)14-7/h21H,8-18H2,1-7H3. The molecule has 5 heteroatoms. The molecule has 0 unspecified atom stereocenters. The molecule has 0 aromatic rings. The van der Waals surface area contributed by atoms with Crippen molar-refractivity contribution >= 4 is 25.9 Å². The molecule has 0 atom stereocenters. The molecule has 2 nitrogen and oxygen atoms in total. The van der Waals surface area contributed by atoms with Gasteiger partial charge in [-0.3, -0.25) is 0 Å². The van der Waals surface area contributed by atoms with Gasteiger partial charge in [0.1, 0.15) is 0 Å². The van der Waals surface area contributed by atoms with Crippen LogP contribution >= 0.6 is 0 Å². The first-order valence-electron chi connectivity index (χ1n) is 10.4. The van der Waals surface area contributed by atoms with Crippen molar-refractivity contribution in [2.75, 3.05) is 0 Å². The highest BCUT2D eigenvalue weighted by Crippen LogP contribution is 2.29. The summed E-state index contributed by atoms with van der Waals surface area (Å²) in [6.07, 6.45) is 5.33. The van der Waals surface area contributed by atoms with E-state index in [4.69, 9.17) is 8.23 Å². The van der Waals surface area contributed by atoms with E-state index in [0.717, 1.165) is 0 Å². The molecule has 0 saturated carbocycles. The Labute approximate surface area is 150 Å². The third kappa shape index (κ3) is 7.99. The molecule has 0 aromatic carbocycles. The summed E-state index contributed by atoms with van der Waals surface area (Å²) >= 11 is 0. The van der Waals surface area contributed by atoms with Gasteiger partial charge < -0.3 is 8.23 Å². The van der Waals surface area contributed by atoms with Crippen molar-refractivity contribution in [3.05, 3.63) is 0 Å². The fourth-order valence-electron chi connectivity index (χ4n) is 3.44. The van der Waals surface area contributed by atoms with Crippen molar-refractivity contribution < 1.29 is 8.23 Å². The van der Waals surface area contributed by atoms with Crippen molar-refractivity contribution in [1.29, 1.82) is 0 Å². The van der Waals surface area contributed by atoms with Gasteiger partial charge in [-0.25, -0.2) is 0 Å². The summed E-state index contributed by atoms with van der Waals surface area (Å²) in [6.45, 7) is 16.3. The fourth-order valence-corrected chi connectivity index (χ4v) is 17.1. The molecule has 140 valence electrons. The molecule has 0 aliphatic rings. The Morgan fingerprint density at radius 1 is 0.565 bits per heavy atom. The van der Waals surface area contributed by atoms with Crippen LogP contribution in [0.1, 0.15) is 74.1 Å². The molecule has 0 saturated heterocycles. The molecule has 23 heavy (non-hydrogen) atoms. The Hall–Kier alpha value is 0.571. The Morgan fingerprint density at radius 2 is 0.957 bits per heavy atom. The van der Waals surface area contributed by atoms with Crippen LogP contribution < -0.4 is 0 Å². The molecule has 0 aliphatic heterocycles. The number of unbranched alkanes of at least 4 members (excludes halogenated alkanes) is 3. The minimum atomic E-state index is -1.53. The molecule has 0 heterocycles. The van der Waals surface area contributed by atoms with Gasteiger partial charge in [-0.15, -0.1) is 0 Å². The fraction of sp³-hybridized carbons (Fsp3) is 1.00. The van der Waals surface area contributed by atoms with Crippen LogP contribution in [0.25, 0.3) is 0 Å². The van der Waals surface area contributed by atoms with Crippen molar-refractivity contribution in [1.82, 2.24) is 0 Å². The highest BCUT2D eigenvalue weighted by molar-refractivity contribution is 6.83. The summed E-state index contributed by atoms with van der Waals surface area (Å²) in [5, 5.41) is 0. The van der Waals surface area contributed by atoms with Gasteiger partial charge in [0.05, 0.1) is 0 Å². The highest BCUT2D eigenvalue weighted by atomic mass is 28.4. The lowest BCUT2D eigenvalue weighted by molar-refractivity contribution is 0.395. The Balaban J connectivity index is 4.98. The van der Waals surface area contributed by atoms with Crippen LogP contribution in [0.4, 0.5) is 0 Å². The summed E-state index contributed by atoms with van der Waals surface area (Å²) in [5.74, 6) is 0. The second-order valence-corrected chi connectivity index (χ2v) is 19.3. The molecule has 0 bridgehead atoms. The van der Waals surface area contributed by atoms with Crippen LogP contribution in [0.3, 0.4) is 0 Å². The summed E-state index contributed by atoms with van der Waals surface area (Å²) in [5.41, 5.74) is 0. The maximum atomic E-state index is 6.92. The minimum Gasteiger partial charge on any atom is -0.438 e. The molecule has 0 radical (unpaired) electrons. The van der Waals surface area contributed by atoms with Gasteiger partial charge >= 0.3 is 9.28 Å². The van der Waals surface area contributed by atoms with Crippen LogP contribution in [0, 0.1) is 0 Å². The predicted octanol–water partition coefficient (Wildman–Crippen LogP) is 6.83. The van der Waals surface area contributed by atoms with Crippen LogP contribution in [0.5, 0.6) is 0 Å². The normalized spacial score (nSPS) is 13.0. The average Bonchev–Trinajstić information content (AvgIpc) is 2.61. The van der Waals surface area contributed by atoms with E-state index in [2.05, 4.69) is 48.5 Å². The maximum absolute atomic E-state index is 6.92. The molecule has 0 rings (SSSR count). The maximum Gasteiger partial charge on any atom is 0.300 e. The van der Waals surface area contributed by atoms with Crippen LogP contribution in [0.15, 0.2) is 0 Å². The molecule has 0 N–H and O–H groups in total. The Morgan fingerprint density at radius 3 is 1.26 bits per heavy atom. The Bertz CT molecular complexity index is 241. The second-order valence-electron chi connectivity index (χ2n) is 7.00. The van der Waals surface area contributed by atoms with Crippen LogP contribution in [-0.4, -0.2) is 25.9 Å². The van der Waals surface area contributed by atoms with E-state index >= 15 is 0 Å². The van der Waals surface area contributed by atoms with Gasteiger partial charge in [-0.05, 0) is 42.3 Å². The van der Waals surface area contributed by atoms with E-state index in [-0.39, 0.29) is 0 Å². The van der Waals surface area contributed by atoms with E-state index in [9.17, 15) is 0 Å². The van der Waals surface area contributed by atoms with E-state index in [0.29, 0.717) is 0 Å². The summed E-state index contributed by atoms with van der Waals surface area (Å²) in [4.78, 5) is 0. The zero-order chi connectivity index (χ0) is 17.8. The van der Waals surface area contributed by atoms with E-state index < -0.39 is 25.9 Å². The van der Waals surface area contributed by atoms with Crippen LogP contribution in [-0.2, 0) is 8.23 Å². The van der Waals surface area contributed by atoms with Crippen molar-refractivity contribution in [3.63, 3.8) is 0 Å². The largest absolute Gasteiger partial charge is 0.438 e. The summed E-state index contributed by atoms with van der Waals surface area (Å²) in [6, 6.07) is 8.74. The quantitative estimate of drug-likeness (QED) is 0.230. The molecular weight excluding hydrogens is 332 g/mol. The first-order valence-corrected chi connectivity index (χ1v) is 17.2. The molecule has 0 spiro atoms. The molecule has 0 fully saturated rings. The van der Waals surface area contributed by atoms with Gasteiger partial charge in [0.2, 0.25) is 0 Å². The lowest BCUT2D eigenvalue weighted by atomic mass is 10.2. The minimum absolute atomic E-state index is 1.24. The monoisotopic (exact) mass is 376 g/mol. The van der Waals surface area contributed by atoms with Gasteiger partial charge in [-0.1, -0.05) is 74.1 Å². The average molecular weight is 377 g/mol. The van der Waals surface area contributed by atoms with Crippen LogP contribution in [0.2, 0.25) is 42.3 Å². The first-order chi connectivity index (χ1) is 11.0. The SMILES string of the molecule is CCCCCC[SiH](O[Si](CC)(CC)CC)O[Si](CC)(CC)CC. The van der Waals surface area contributed by atoms with Gasteiger partial charge in [0.15, 0.2) is 16.6 Å². The summed E-state index contributed by atoms with van der Waals surface area (Å²) in [7, 11) is -4.56. The lowest BCUT2D eigenvalue weighted by Crippen LogP contribution is -2.49. The lowest BCUT2D eigenvalue weighted by Gasteiger charge is -2.38. The van der Waals surface area contributed by atoms with E-state index in [1.807, 2.05) is 0 Å². The molecule has 0 aromatic heterocycles. The third-order valence-electron chi connectivity index (χ3n) is 5.92. The van der Waals surface area contributed by atoms with Crippen molar-refractivity contribution in [3.8, 4) is 0 Å². The topological polar surface area (TPSA) is 18.5 Å². The van der Waals surface area contributed by atoms with Gasteiger partial charge in [0, 0.05) is 0 Å². The van der Waals surface area contributed by atoms with Crippen molar-refractivity contribution in [2.45, 2.75) is 116 Å². The van der Waals surface area contributed by atoms with E-state index in [1.165, 1.54) is 68.0 Å². The smallest absolute Gasteiger partial charge is 0.300 e. The molecule has 0 aliphatic carbocycles. The predicted molar refractivity (Wildman–Crippen MR) is 113 cm³/mol. The third-order valence-corrected chi connectivity index (χ3v) is 20.6.